The molecule has 0 N–H and O–H groups in total. The molecule has 0 aromatic heterocycles. The minimum Gasteiger partial charge on any atom is -0.449 e. The quantitative estimate of drug-likeness (QED) is 0.803. The van der Waals surface area contributed by atoms with E-state index in [4.69, 9.17) is 4.74 Å². The van der Waals surface area contributed by atoms with Crippen LogP contribution in [0.3, 0.4) is 0 Å². The molecule has 8 heteroatoms. The molecule has 2 amide bonds. The fraction of sp³-hybridized carbons (Fsp3) is 0.846. The first-order valence-corrected chi connectivity index (χ1v) is 6.95. The Hall–Kier alpha value is -1.47. The summed E-state index contributed by atoms with van der Waals surface area (Å²) in [5.74, 6) is -0.731. The first-order chi connectivity index (χ1) is 9.69. The van der Waals surface area contributed by atoms with Gasteiger partial charge in [-0.15, -0.1) is 0 Å². The Morgan fingerprint density at radius 1 is 1.10 bits per heavy atom. The minimum atomic E-state index is -4.50. The minimum absolute atomic E-state index is 0.103. The molecule has 0 aromatic rings. The van der Waals surface area contributed by atoms with Crippen LogP contribution in [-0.4, -0.2) is 60.8 Å². The van der Waals surface area contributed by atoms with Crippen LogP contribution in [0.25, 0.3) is 0 Å². The van der Waals surface area contributed by atoms with Crippen LogP contribution < -0.4 is 0 Å². The normalized spacial score (nSPS) is 16.9. The van der Waals surface area contributed by atoms with Gasteiger partial charge in [0.2, 0.25) is 5.91 Å². The summed E-state index contributed by atoms with van der Waals surface area (Å²) >= 11 is 0. The van der Waals surface area contributed by atoms with E-state index in [9.17, 15) is 22.8 Å². The van der Waals surface area contributed by atoms with E-state index in [1.165, 1.54) is 4.90 Å². The second-order valence-electron chi connectivity index (χ2n) is 5.48. The van der Waals surface area contributed by atoms with E-state index in [1.54, 1.807) is 0 Å². The van der Waals surface area contributed by atoms with Crippen molar-refractivity contribution in [3.05, 3.63) is 0 Å². The summed E-state index contributed by atoms with van der Waals surface area (Å²) in [5.41, 5.74) is 0. The Labute approximate surface area is 122 Å². The van der Waals surface area contributed by atoms with E-state index in [-0.39, 0.29) is 25.6 Å². The second-order valence-corrected chi connectivity index (χ2v) is 5.48. The van der Waals surface area contributed by atoms with Crippen LogP contribution in [0, 0.1) is 5.92 Å². The van der Waals surface area contributed by atoms with Gasteiger partial charge in [0.05, 0.1) is 6.61 Å². The van der Waals surface area contributed by atoms with Crippen LogP contribution in [0.15, 0.2) is 0 Å². The molecular weight excluding hydrogens is 289 g/mol. The summed E-state index contributed by atoms with van der Waals surface area (Å²) in [6.45, 7) is 5.02. The number of ether oxygens (including phenoxy) is 1. The average Bonchev–Trinajstić information content (AvgIpc) is 2.59. The molecule has 1 aliphatic rings. The van der Waals surface area contributed by atoms with Gasteiger partial charge in [0.15, 0.2) is 0 Å². The number of rotatable bonds is 3. The zero-order valence-electron chi connectivity index (χ0n) is 12.3. The Bertz CT molecular complexity index is 372. The highest BCUT2D eigenvalue weighted by atomic mass is 19.4. The molecule has 0 spiro atoms. The number of alkyl halides is 3. The smallest absolute Gasteiger partial charge is 0.409 e. The van der Waals surface area contributed by atoms with Crippen molar-refractivity contribution in [2.24, 2.45) is 5.92 Å². The highest BCUT2D eigenvalue weighted by Gasteiger charge is 2.34. The van der Waals surface area contributed by atoms with Gasteiger partial charge < -0.3 is 14.5 Å². The highest BCUT2D eigenvalue weighted by Crippen LogP contribution is 2.21. The maximum absolute atomic E-state index is 12.2. The second kappa shape index (κ2) is 7.51. The predicted octanol–water partition coefficient (Wildman–Crippen LogP) is 2.27. The van der Waals surface area contributed by atoms with E-state index in [2.05, 4.69) is 0 Å². The number of halogens is 3. The van der Waals surface area contributed by atoms with Gasteiger partial charge in [0.25, 0.3) is 0 Å². The van der Waals surface area contributed by atoms with Crippen molar-refractivity contribution in [2.45, 2.75) is 32.9 Å². The molecule has 1 rings (SSSR count). The van der Waals surface area contributed by atoms with E-state index < -0.39 is 24.6 Å². The summed E-state index contributed by atoms with van der Waals surface area (Å²) in [7, 11) is 0. The van der Waals surface area contributed by atoms with Crippen LogP contribution in [-0.2, 0) is 9.53 Å². The monoisotopic (exact) mass is 310 g/mol. The lowest BCUT2D eigenvalue weighted by Gasteiger charge is -2.22. The third-order valence-corrected chi connectivity index (χ3v) is 3.00. The largest absolute Gasteiger partial charge is 0.449 e. The first-order valence-electron chi connectivity index (χ1n) is 6.95. The number of hydrogen-bond acceptors (Lipinski definition) is 3. The number of carbonyl (C=O) groups is 2. The number of amides is 2. The molecule has 0 saturated carbocycles. The molecule has 1 saturated heterocycles. The Kier molecular flexibility index (Phi) is 6.29. The van der Waals surface area contributed by atoms with Gasteiger partial charge in [0, 0.05) is 26.2 Å². The van der Waals surface area contributed by atoms with Crippen LogP contribution >= 0.6 is 0 Å². The molecular formula is C13H21F3N2O3. The molecule has 0 unspecified atom stereocenters. The first kappa shape index (κ1) is 17.6. The van der Waals surface area contributed by atoms with E-state index in [0.717, 1.165) is 4.90 Å². The zero-order valence-corrected chi connectivity index (χ0v) is 12.3. The summed E-state index contributed by atoms with van der Waals surface area (Å²) in [6.07, 6.45) is -5.99. The molecule has 0 radical (unpaired) electrons. The maximum Gasteiger partial charge on any atom is 0.409 e. The van der Waals surface area contributed by atoms with Crippen molar-refractivity contribution >= 4 is 12.0 Å². The standard InChI is InChI=1S/C13H21F3N2O3/c1-10(2)9-21-12(20)18-5-3-4-17(6-7-18)11(19)8-13(14,15)16/h10H,3-9H2,1-2H3. The van der Waals surface area contributed by atoms with Gasteiger partial charge in [-0.25, -0.2) is 4.79 Å². The van der Waals surface area contributed by atoms with Crippen LogP contribution in [0.2, 0.25) is 0 Å². The average molecular weight is 310 g/mol. The van der Waals surface area contributed by atoms with Gasteiger partial charge in [-0.2, -0.15) is 13.2 Å². The fourth-order valence-electron chi connectivity index (χ4n) is 1.96. The number of carbonyl (C=O) groups excluding carboxylic acids is 2. The fourth-order valence-corrected chi connectivity index (χ4v) is 1.96. The number of hydrogen-bond donors (Lipinski definition) is 0. The van der Waals surface area contributed by atoms with E-state index in [1.807, 2.05) is 13.8 Å². The number of nitrogens with zero attached hydrogens (tertiary/aromatic N) is 2. The third kappa shape index (κ3) is 6.68. The van der Waals surface area contributed by atoms with Crippen molar-refractivity contribution in [2.75, 3.05) is 32.8 Å². The molecule has 1 aliphatic heterocycles. The molecule has 1 fully saturated rings. The van der Waals surface area contributed by atoms with E-state index >= 15 is 0 Å². The summed E-state index contributed by atoms with van der Waals surface area (Å²) < 4.78 is 41.7. The lowest BCUT2D eigenvalue weighted by atomic mass is 10.2. The zero-order chi connectivity index (χ0) is 16.0. The van der Waals surface area contributed by atoms with Crippen molar-refractivity contribution in [3.63, 3.8) is 0 Å². The summed E-state index contributed by atoms with van der Waals surface area (Å²) in [6, 6.07) is 0. The maximum atomic E-state index is 12.2. The van der Waals surface area contributed by atoms with Gasteiger partial charge in [-0.05, 0) is 12.3 Å². The molecule has 5 nitrogen and oxygen atoms in total. The SMILES string of the molecule is CC(C)COC(=O)N1CCCN(C(=O)CC(F)(F)F)CC1. The lowest BCUT2D eigenvalue weighted by Crippen LogP contribution is -2.39. The van der Waals surface area contributed by atoms with Gasteiger partial charge in [-0.1, -0.05) is 13.8 Å². The molecule has 0 aromatic carbocycles. The van der Waals surface area contributed by atoms with Crippen molar-refractivity contribution in [1.82, 2.24) is 9.80 Å². The molecule has 0 aliphatic carbocycles. The summed E-state index contributed by atoms with van der Waals surface area (Å²) in [4.78, 5) is 25.9. The van der Waals surface area contributed by atoms with Crippen LogP contribution in [0.5, 0.6) is 0 Å². The van der Waals surface area contributed by atoms with Crippen molar-refractivity contribution in [3.8, 4) is 0 Å². The van der Waals surface area contributed by atoms with Crippen LogP contribution in [0.1, 0.15) is 26.7 Å². The van der Waals surface area contributed by atoms with Crippen molar-refractivity contribution in [1.29, 1.82) is 0 Å². The topological polar surface area (TPSA) is 49.9 Å². The lowest BCUT2D eigenvalue weighted by molar-refractivity contribution is -0.161. The predicted molar refractivity (Wildman–Crippen MR) is 69.6 cm³/mol. The van der Waals surface area contributed by atoms with Gasteiger partial charge in [0.1, 0.15) is 6.42 Å². The molecule has 21 heavy (non-hydrogen) atoms. The molecule has 122 valence electrons. The molecule has 0 atom stereocenters. The Balaban J connectivity index is 2.46. The highest BCUT2D eigenvalue weighted by molar-refractivity contribution is 5.77. The van der Waals surface area contributed by atoms with E-state index in [0.29, 0.717) is 19.6 Å². The Morgan fingerprint density at radius 3 is 2.24 bits per heavy atom. The molecule has 1 heterocycles. The molecule has 0 bridgehead atoms. The van der Waals surface area contributed by atoms with Crippen molar-refractivity contribution < 1.29 is 27.5 Å². The van der Waals surface area contributed by atoms with Crippen LogP contribution in [0.4, 0.5) is 18.0 Å². The summed E-state index contributed by atoms with van der Waals surface area (Å²) in [5, 5.41) is 0. The Morgan fingerprint density at radius 2 is 1.67 bits per heavy atom. The van der Waals surface area contributed by atoms with Gasteiger partial charge in [-0.3, -0.25) is 4.79 Å². The third-order valence-electron chi connectivity index (χ3n) is 3.00. The van der Waals surface area contributed by atoms with Gasteiger partial charge >= 0.3 is 12.3 Å².